The molecule has 0 N–H and O–H groups in total. The van der Waals surface area contributed by atoms with E-state index in [1.807, 2.05) is 36.9 Å². The van der Waals surface area contributed by atoms with Crippen molar-refractivity contribution in [2.45, 2.75) is 25.9 Å². The fourth-order valence-corrected chi connectivity index (χ4v) is 3.89. The molecule has 1 aromatic rings. The molecule has 0 radical (unpaired) electrons. The number of hydrogen-bond donors (Lipinski definition) is 0. The fraction of sp³-hybridized carbons (Fsp3) is 0.500. The van der Waals surface area contributed by atoms with E-state index in [-0.39, 0.29) is 11.9 Å². The first-order chi connectivity index (χ1) is 8.24. The summed E-state index contributed by atoms with van der Waals surface area (Å²) in [4.78, 5) is 12.1. The van der Waals surface area contributed by atoms with E-state index in [1.54, 1.807) is 0 Å². The first-order valence-corrected chi connectivity index (χ1v) is 7.28. The van der Waals surface area contributed by atoms with Crippen LogP contribution in [0.25, 0.3) is 0 Å². The van der Waals surface area contributed by atoms with E-state index in [4.69, 9.17) is 4.74 Å². The van der Waals surface area contributed by atoms with Gasteiger partial charge in [0, 0.05) is 12.3 Å². The molecule has 0 bridgehead atoms. The third-order valence-corrected chi connectivity index (χ3v) is 4.78. The topological polar surface area (TPSA) is 26.3 Å². The predicted molar refractivity (Wildman–Crippen MR) is 70.0 cm³/mol. The van der Waals surface area contributed by atoms with Gasteiger partial charge in [-0.05, 0) is 37.0 Å². The van der Waals surface area contributed by atoms with E-state index in [0.29, 0.717) is 12.3 Å². The van der Waals surface area contributed by atoms with E-state index in [2.05, 4.69) is 0 Å². The Kier molecular flexibility index (Phi) is 2.87. The predicted octanol–water partition coefficient (Wildman–Crippen LogP) is 3.08. The second-order valence-electron chi connectivity index (χ2n) is 4.91. The Labute approximate surface area is 106 Å². The summed E-state index contributed by atoms with van der Waals surface area (Å²) in [5, 5.41) is 0. The van der Waals surface area contributed by atoms with Gasteiger partial charge in [-0.25, -0.2) is 0 Å². The highest BCUT2D eigenvalue weighted by molar-refractivity contribution is 7.99. The average Bonchev–Trinajstić information content (AvgIpc) is 2.83. The van der Waals surface area contributed by atoms with E-state index in [0.717, 1.165) is 22.6 Å². The number of Topliss-reactive ketones (excluding diaryl/α,β-unsaturated/α-hetero) is 1. The molecular weight excluding hydrogens is 232 g/mol. The Bertz CT molecular complexity index is 450. The molecule has 2 aliphatic rings. The van der Waals surface area contributed by atoms with Crippen LogP contribution < -0.4 is 4.74 Å². The average molecular weight is 248 g/mol. The number of rotatable bonds is 1. The van der Waals surface area contributed by atoms with Crippen molar-refractivity contribution in [3.05, 3.63) is 29.3 Å². The molecule has 1 saturated heterocycles. The van der Waals surface area contributed by atoms with Crippen molar-refractivity contribution in [1.29, 1.82) is 0 Å². The molecule has 0 aromatic heterocycles. The van der Waals surface area contributed by atoms with Crippen LogP contribution in [-0.4, -0.2) is 23.4 Å². The largest absolute Gasteiger partial charge is 0.489 e. The number of aryl methyl sites for hydroxylation is 1. The summed E-state index contributed by atoms with van der Waals surface area (Å²) >= 11 is 1.97. The monoisotopic (exact) mass is 248 g/mol. The molecule has 0 amide bonds. The first kappa shape index (κ1) is 11.1. The molecule has 2 aliphatic heterocycles. The molecule has 3 rings (SSSR count). The van der Waals surface area contributed by atoms with Crippen LogP contribution in [0.15, 0.2) is 18.2 Å². The highest BCUT2D eigenvalue weighted by Gasteiger charge is 2.33. The molecule has 0 spiro atoms. The minimum absolute atomic E-state index is 0.104. The van der Waals surface area contributed by atoms with Gasteiger partial charge in [0.2, 0.25) is 0 Å². The number of ketones is 1. The van der Waals surface area contributed by atoms with E-state index < -0.39 is 0 Å². The van der Waals surface area contributed by atoms with Crippen LogP contribution in [0, 0.1) is 12.8 Å². The molecule has 0 saturated carbocycles. The Morgan fingerprint density at radius 1 is 1.41 bits per heavy atom. The summed E-state index contributed by atoms with van der Waals surface area (Å²) in [6, 6.07) is 5.89. The summed E-state index contributed by atoms with van der Waals surface area (Å²) in [5.74, 6) is 3.93. The zero-order chi connectivity index (χ0) is 11.8. The summed E-state index contributed by atoms with van der Waals surface area (Å²) in [7, 11) is 0. The van der Waals surface area contributed by atoms with Gasteiger partial charge in [0.1, 0.15) is 11.9 Å². The summed E-state index contributed by atoms with van der Waals surface area (Å²) in [6.07, 6.45) is 1.85. The second kappa shape index (κ2) is 4.37. The molecule has 1 aromatic carbocycles. The highest BCUT2D eigenvalue weighted by atomic mass is 32.2. The van der Waals surface area contributed by atoms with Crippen LogP contribution in [0.3, 0.4) is 0 Å². The molecule has 90 valence electrons. The second-order valence-corrected chi connectivity index (χ2v) is 6.06. The van der Waals surface area contributed by atoms with Crippen molar-refractivity contribution in [3.8, 4) is 5.75 Å². The number of ether oxygens (including phenoxy) is 1. The molecule has 1 fully saturated rings. The van der Waals surface area contributed by atoms with Crippen LogP contribution in [0.4, 0.5) is 0 Å². The number of hydrogen-bond acceptors (Lipinski definition) is 3. The molecule has 2 atom stereocenters. The van der Waals surface area contributed by atoms with Gasteiger partial charge in [0.15, 0.2) is 5.78 Å². The lowest BCUT2D eigenvalue weighted by molar-refractivity contribution is 0.0761. The lowest BCUT2D eigenvalue weighted by Gasteiger charge is -2.29. The summed E-state index contributed by atoms with van der Waals surface area (Å²) in [6.45, 7) is 2.01. The molecule has 3 heteroatoms. The molecule has 2 nitrogen and oxygen atoms in total. The SMILES string of the molecule is Cc1ccc2c(c1)C(=O)CC(C1CCSC1)O2. The summed E-state index contributed by atoms with van der Waals surface area (Å²) in [5.41, 5.74) is 1.89. The zero-order valence-electron chi connectivity index (χ0n) is 9.94. The van der Waals surface area contributed by atoms with Crippen molar-refractivity contribution in [1.82, 2.24) is 0 Å². The maximum absolute atomic E-state index is 12.1. The van der Waals surface area contributed by atoms with Crippen LogP contribution in [0.1, 0.15) is 28.8 Å². The Balaban J connectivity index is 1.87. The maximum Gasteiger partial charge on any atom is 0.170 e. The third-order valence-electron chi connectivity index (χ3n) is 3.59. The van der Waals surface area contributed by atoms with Crippen LogP contribution >= 0.6 is 11.8 Å². The molecular formula is C14H16O2S. The van der Waals surface area contributed by atoms with Crippen LogP contribution in [0.5, 0.6) is 5.75 Å². The van der Waals surface area contributed by atoms with Crippen molar-refractivity contribution < 1.29 is 9.53 Å². The van der Waals surface area contributed by atoms with Crippen LogP contribution in [0.2, 0.25) is 0 Å². The zero-order valence-corrected chi connectivity index (χ0v) is 10.8. The maximum atomic E-state index is 12.1. The lowest BCUT2D eigenvalue weighted by atomic mass is 9.91. The molecule has 2 unspecified atom stereocenters. The summed E-state index contributed by atoms with van der Waals surface area (Å²) < 4.78 is 6.01. The van der Waals surface area contributed by atoms with Gasteiger partial charge in [0.25, 0.3) is 0 Å². The number of carbonyl (C=O) groups excluding carboxylic acids is 1. The minimum Gasteiger partial charge on any atom is -0.489 e. The van der Waals surface area contributed by atoms with E-state index >= 15 is 0 Å². The highest BCUT2D eigenvalue weighted by Crippen LogP contribution is 2.35. The first-order valence-electron chi connectivity index (χ1n) is 6.12. The number of thioether (sulfide) groups is 1. The van der Waals surface area contributed by atoms with Gasteiger partial charge in [-0.15, -0.1) is 0 Å². The normalized spacial score (nSPS) is 27.7. The Morgan fingerprint density at radius 3 is 3.06 bits per heavy atom. The van der Waals surface area contributed by atoms with Crippen molar-refractivity contribution >= 4 is 17.5 Å². The molecule has 17 heavy (non-hydrogen) atoms. The lowest BCUT2D eigenvalue weighted by Crippen LogP contribution is -2.33. The Morgan fingerprint density at radius 2 is 2.29 bits per heavy atom. The van der Waals surface area contributed by atoms with Crippen LogP contribution in [-0.2, 0) is 0 Å². The van der Waals surface area contributed by atoms with Gasteiger partial charge in [-0.1, -0.05) is 11.6 Å². The van der Waals surface area contributed by atoms with Gasteiger partial charge in [-0.3, -0.25) is 4.79 Å². The third kappa shape index (κ3) is 2.08. The number of benzene rings is 1. The molecule has 0 aliphatic carbocycles. The number of carbonyl (C=O) groups is 1. The van der Waals surface area contributed by atoms with Gasteiger partial charge in [0.05, 0.1) is 5.56 Å². The standard InChI is InChI=1S/C14H16O2S/c1-9-2-3-13-11(6-9)12(15)7-14(16-13)10-4-5-17-8-10/h2-3,6,10,14H,4-5,7-8H2,1H3. The quantitative estimate of drug-likeness (QED) is 0.764. The van der Waals surface area contributed by atoms with E-state index in [1.165, 1.54) is 12.2 Å². The molecule has 2 heterocycles. The fourth-order valence-electron chi connectivity index (χ4n) is 2.57. The van der Waals surface area contributed by atoms with E-state index in [9.17, 15) is 4.79 Å². The Hall–Kier alpha value is -0.960. The van der Waals surface area contributed by atoms with Crippen molar-refractivity contribution in [2.24, 2.45) is 5.92 Å². The number of fused-ring (bicyclic) bond motifs is 1. The smallest absolute Gasteiger partial charge is 0.170 e. The van der Waals surface area contributed by atoms with Gasteiger partial charge in [-0.2, -0.15) is 11.8 Å². The van der Waals surface area contributed by atoms with Crippen molar-refractivity contribution in [2.75, 3.05) is 11.5 Å². The van der Waals surface area contributed by atoms with Gasteiger partial charge >= 0.3 is 0 Å². The van der Waals surface area contributed by atoms with Gasteiger partial charge < -0.3 is 4.74 Å². The minimum atomic E-state index is 0.104. The van der Waals surface area contributed by atoms with Crippen molar-refractivity contribution in [3.63, 3.8) is 0 Å².